The van der Waals surface area contributed by atoms with E-state index in [9.17, 15) is 0 Å². The average molecular weight is 332 g/mol. The fourth-order valence-electron chi connectivity index (χ4n) is 3.71. The van der Waals surface area contributed by atoms with Crippen LogP contribution in [-0.4, -0.2) is 26.6 Å². The van der Waals surface area contributed by atoms with E-state index in [1.807, 2.05) is 0 Å². The summed E-state index contributed by atoms with van der Waals surface area (Å²) >= 11 is 0. The first-order valence-corrected chi connectivity index (χ1v) is 11.2. The Morgan fingerprint density at radius 3 is 2.13 bits per heavy atom. The number of benzene rings is 1. The van der Waals surface area contributed by atoms with Gasteiger partial charge >= 0.3 is 7.12 Å². The lowest BCUT2D eigenvalue weighted by Crippen LogP contribution is -2.48. The fourth-order valence-corrected chi connectivity index (χ4v) is 7.48. The van der Waals surface area contributed by atoms with Crippen LogP contribution >= 0.6 is 0 Å². The lowest BCUT2D eigenvalue weighted by atomic mass is 9.78. The molecule has 0 bridgehead atoms. The largest absolute Gasteiger partial charge is 0.494 e. The lowest BCUT2D eigenvalue weighted by molar-refractivity contribution is 0.00578. The van der Waals surface area contributed by atoms with E-state index in [2.05, 4.69) is 66.7 Å². The molecule has 2 heterocycles. The normalized spacial score (nSPS) is 27.3. The molecule has 126 valence electrons. The molecule has 0 radical (unpaired) electrons. The van der Waals surface area contributed by atoms with E-state index in [0.717, 1.165) is 17.6 Å². The third kappa shape index (κ3) is 2.53. The first-order valence-electron chi connectivity index (χ1n) is 8.83. The quantitative estimate of drug-likeness (QED) is 0.795. The fraction of sp³-hybridized carbons (Fsp3) is 0.667. The first-order chi connectivity index (χ1) is 10.7. The number of fused-ring (bicyclic) bond motifs is 1. The van der Waals surface area contributed by atoms with E-state index < -0.39 is 8.32 Å². The molecule has 5 heteroatoms. The molecule has 0 saturated carbocycles. The molecule has 3 nitrogen and oxygen atoms in total. The number of hydrogen-bond acceptors (Lipinski definition) is 3. The van der Waals surface area contributed by atoms with Crippen molar-refractivity contribution in [3.05, 3.63) is 23.8 Å². The summed E-state index contributed by atoms with van der Waals surface area (Å²) in [5.74, 6) is 0. The molecule has 0 spiro atoms. The summed E-state index contributed by atoms with van der Waals surface area (Å²) in [7, 11) is -2.12. The first kappa shape index (κ1) is 17.2. The zero-order chi connectivity index (χ0) is 17.0. The van der Waals surface area contributed by atoms with Gasteiger partial charge < -0.3 is 13.7 Å². The van der Waals surface area contributed by atoms with Crippen LogP contribution < -0.4 is 10.6 Å². The second kappa shape index (κ2) is 5.45. The van der Waals surface area contributed by atoms with Gasteiger partial charge in [-0.15, -0.1) is 0 Å². The Kier molecular flexibility index (Phi) is 4.08. The van der Waals surface area contributed by atoms with Crippen LogP contribution in [0.3, 0.4) is 0 Å². The van der Waals surface area contributed by atoms with Gasteiger partial charge in [-0.05, 0) is 62.9 Å². The molecule has 1 saturated heterocycles. The minimum Gasteiger partial charge on any atom is -0.406 e. The van der Waals surface area contributed by atoms with Crippen LogP contribution in [0.2, 0.25) is 12.1 Å². The third-order valence-corrected chi connectivity index (χ3v) is 10.6. The molecule has 0 aromatic heterocycles. The van der Waals surface area contributed by atoms with Gasteiger partial charge in [0.25, 0.3) is 0 Å². The maximum atomic E-state index is 6.47. The molecule has 1 unspecified atom stereocenters. The Bertz CT molecular complexity index is 594. The summed E-state index contributed by atoms with van der Waals surface area (Å²) in [4.78, 5) is 0. The topological polar surface area (TPSA) is 27.7 Å². The molecule has 2 aliphatic heterocycles. The van der Waals surface area contributed by atoms with E-state index in [1.54, 1.807) is 0 Å². The van der Waals surface area contributed by atoms with Crippen molar-refractivity contribution in [2.24, 2.45) is 0 Å². The van der Waals surface area contributed by atoms with Crippen molar-refractivity contribution < 1.29 is 13.7 Å². The maximum Gasteiger partial charge on any atom is 0.494 e. The standard InChI is InChI=1S/C18H29BO3Si/c1-8-23(9-2)16-12-14(10-11-15(16)13(3)20-23)19-21-17(4,5)18(6,7)22-19/h10-13H,8-9H2,1-7H3. The molecule has 0 aliphatic carbocycles. The molecular weight excluding hydrogens is 303 g/mol. The van der Waals surface area contributed by atoms with Gasteiger partial charge in [-0.3, -0.25) is 0 Å². The predicted octanol–water partition coefficient (Wildman–Crippen LogP) is 3.27. The van der Waals surface area contributed by atoms with Gasteiger partial charge in [0.05, 0.1) is 17.3 Å². The zero-order valence-electron chi connectivity index (χ0n) is 15.5. The van der Waals surface area contributed by atoms with Gasteiger partial charge in [0.1, 0.15) is 0 Å². The third-order valence-electron chi connectivity index (χ3n) is 6.08. The van der Waals surface area contributed by atoms with E-state index in [-0.39, 0.29) is 24.4 Å². The van der Waals surface area contributed by atoms with Gasteiger partial charge in [0.2, 0.25) is 8.32 Å². The van der Waals surface area contributed by atoms with Crippen molar-refractivity contribution >= 4 is 26.1 Å². The Labute approximate surface area is 142 Å². The van der Waals surface area contributed by atoms with Crippen LogP contribution in [0.5, 0.6) is 0 Å². The van der Waals surface area contributed by atoms with E-state index in [1.165, 1.54) is 10.8 Å². The number of hydrogen-bond donors (Lipinski definition) is 0. The Morgan fingerprint density at radius 2 is 1.61 bits per heavy atom. The summed E-state index contributed by atoms with van der Waals surface area (Å²) < 4.78 is 18.9. The Hall–Kier alpha value is -0.618. The van der Waals surface area contributed by atoms with Crippen LogP contribution in [0, 0.1) is 0 Å². The van der Waals surface area contributed by atoms with Gasteiger partial charge in [0.15, 0.2) is 0 Å². The maximum absolute atomic E-state index is 6.47. The van der Waals surface area contributed by atoms with Crippen molar-refractivity contribution in [2.45, 2.75) is 77.9 Å². The zero-order valence-corrected chi connectivity index (χ0v) is 16.5. The van der Waals surface area contributed by atoms with E-state index >= 15 is 0 Å². The van der Waals surface area contributed by atoms with Crippen LogP contribution in [0.15, 0.2) is 18.2 Å². The van der Waals surface area contributed by atoms with Crippen LogP contribution in [0.1, 0.15) is 60.1 Å². The average Bonchev–Trinajstić information content (AvgIpc) is 2.90. The van der Waals surface area contributed by atoms with Crippen molar-refractivity contribution in [3.8, 4) is 0 Å². The molecule has 1 fully saturated rings. The lowest BCUT2D eigenvalue weighted by Gasteiger charge is -2.32. The van der Waals surface area contributed by atoms with Crippen LogP contribution in [0.25, 0.3) is 0 Å². The summed E-state index contributed by atoms with van der Waals surface area (Å²) in [6.45, 7) is 15.1. The Morgan fingerprint density at radius 1 is 1.04 bits per heavy atom. The highest BCUT2D eigenvalue weighted by atomic mass is 28.4. The second-order valence-electron chi connectivity index (χ2n) is 7.90. The van der Waals surface area contributed by atoms with Crippen molar-refractivity contribution in [1.29, 1.82) is 0 Å². The van der Waals surface area contributed by atoms with E-state index in [4.69, 9.17) is 13.7 Å². The van der Waals surface area contributed by atoms with Crippen LogP contribution in [-0.2, 0) is 13.7 Å². The van der Waals surface area contributed by atoms with Gasteiger partial charge in [-0.25, -0.2) is 0 Å². The summed E-state index contributed by atoms with van der Waals surface area (Å²) in [6.07, 6.45) is 0.212. The molecule has 0 amide bonds. The highest BCUT2D eigenvalue weighted by molar-refractivity contribution is 6.88. The van der Waals surface area contributed by atoms with Crippen LogP contribution in [0.4, 0.5) is 0 Å². The molecule has 1 aromatic carbocycles. The minimum atomic E-state index is -1.83. The smallest absolute Gasteiger partial charge is 0.406 e. The Balaban J connectivity index is 1.99. The molecule has 2 aliphatic rings. The van der Waals surface area contributed by atoms with Gasteiger partial charge in [-0.1, -0.05) is 32.0 Å². The predicted molar refractivity (Wildman–Crippen MR) is 98.0 cm³/mol. The number of rotatable bonds is 3. The van der Waals surface area contributed by atoms with Crippen molar-refractivity contribution in [2.75, 3.05) is 0 Å². The molecule has 23 heavy (non-hydrogen) atoms. The van der Waals surface area contributed by atoms with Gasteiger partial charge in [0, 0.05) is 0 Å². The second-order valence-corrected chi connectivity index (χ2v) is 12.1. The molecule has 0 N–H and O–H groups in total. The monoisotopic (exact) mass is 332 g/mol. The highest BCUT2D eigenvalue weighted by Gasteiger charge is 2.52. The van der Waals surface area contributed by atoms with Crippen molar-refractivity contribution in [1.82, 2.24) is 0 Å². The molecule has 1 aromatic rings. The highest BCUT2D eigenvalue weighted by Crippen LogP contribution is 2.37. The molecule has 3 rings (SSSR count). The van der Waals surface area contributed by atoms with E-state index in [0.29, 0.717) is 0 Å². The molecular formula is C18H29BO3Si. The van der Waals surface area contributed by atoms with Gasteiger partial charge in [-0.2, -0.15) is 0 Å². The summed E-state index contributed by atoms with van der Waals surface area (Å²) in [5.41, 5.74) is 1.88. The minimum absolute atomic E-state index is 0.212. The summed E-state index contributed by atoms with van der Waals surface area (Å²) in [6, 6.07) is 8.92. The van der Waals surface area contributed by atoms with Crippen molar-refractivity contribution in [3.63, 3.8) is 0 Å². The SMILES string of the molecule is CC[Si]1(CC)OC(C)c2ccc(B3OC(C)(C)C(C)(C)O3)cc21. The summed E-state index contributed by atoms with van der Waals surface area (Å²) in [5, 5.41) is 1.45. The molecule has 1 atom stereocenters.